The third-order valence-electron chi connectivity index (χ3n) is 1.10. The minimum Gasteiger partial charge on any atom is -0.492 e. The van der Waals surface area contributed by atoms with Crippen molar-refractivity contribution < 1.29 is 5.11 Å². The molecule has 9 heavy (non-hydrogen) atoms. The van der Waals surface area contributed by atoms with Crippen LogP contribution in [0.2, 0.25) is 0 Å². The second-order valence-corrected chi connectivity index (χ2v) is 2.79. The van der Waals surface area contributed by atoms with E-state index in [2.05, 4.69) is 11.9 Å². The first-order chi connectivity index (χ1) is 4.34. The lowest BCUT2D eigenvalue weighted by molar-refractivity contribution is 0.451. The van der Waals surface area contributed by atoms with Gasteiger partial charge in [0.05, 0.1) is 10.4 Å². The molecule has 1 aromatic rings. The lowest BCUT2D eigenvalue weighted by Crippen LogP contribution is -1.75. The molecular weight excluding hydrogens is 134 g/mol. The molecule has 1 rings (SSSR count). The Hall–Kier alpha value is -0.570. The summed E-state index contributed by atoms with van der Waals surface area (Å²) in [7, 11) is 0. The van der Waals surface area contributed by atoms with Crippen molar-refractivity contribution in [2.24, 2.45) is 0 Å². The van der Waals surface area contributed by atoms with Gasteiger partial charge < -0.3 is 5.11 Å². The maximum Gasteiger partial charge on any atom is 0.225 e. The zero-order valence-electron chi connectivity index (χ0n) is 5.29. The monoisotopic (exact) mass is 143 g/mol. The lowest BCUT2D eigenvalue weighted by atomic mass is 10.3. The van der Waals surface area contributed by atoms with E-state index in [9.17, 15) is 0 Å². The SMILES string of the molecule is CCCc1scnc1O. The highest BCUT2D eigenvalue weighted by molar-refractivity contribution is 7.09. The molecule has 0 aliphatic carbocycles. The zero-order valence-corrected chi connectivity index (χ0v) is 6.11. The number of hydrogen-bond donors (Lipinski definition) is 1. The number of rotatable bonds is 2. The van der Waals surface area contributed by atoms with Crippen LogP contribution in [0.5, 0.6) is 5.88 Å². The summed E-state index contributed by atoms with van der Waals surface area (Å²) in [5.41, 5.74) is 1.67. The topological polar surface area (TPSA) is 33.1 Å². The molecule has 0 radical (unpaired) electrons. The van der Waals surface area contributed by atoms with Crippen LogP contribution in [-0.4, -0.2) is 10.1 Å². The van der Waals surface area contributed by atoms with Crippen LogP contribution in [0, 0.1) is 0 Å². The van der Waals surface area contributed by atoms with Crippen molar-refractivity contribution in [1.29, 1.82) is 0 Å². The molecule has 50 valence electrons. The van der Waals surface area contributed by atoms with Crippen LogP contribution in [0.3, 0.4) is 0 Å². The van der Waals surface area contributed by atoms with Gasteiger partial charge >= 0.3 is 0 Å². The molecule has 1 aromatic heterocycles. The van der Waals surface area contributed by atoms with Crippen molar-refractivity contribution >= 4 is 11.3 Å². The van der Waals surface area contributed by atoms with Crippen molar-refractivity contribution in [3.63, 3.8) is 0 Å². The summed E-state index contributed by atoms with van der Waals surface area (Å²) in [5.74, 6) is 0.210. The summed E-state index contributed by atoms with van der Waals surface area (Å²) in [4.78, 5) is 4.71. The average Bonchev–Trinajstić information content (AvgIpc) is 2.18. The van der Waals surface area contributed by atoms with Crippen LogP contribution >= 0.6 is 11.3 Å². The first-order valence-electron chi connectivity index (χ1n) is 2.96. The first-order valence-corrected chi connectivity index (χ1v) is 3.84. The fraction of sp³-hybridized carbons (Fsp3) is 0.500. The van der Waals surface area contributed by atoms with E-state index in [0.717, 1.165) is 17.7 Å². The fourth-order valence-electron chi connectivity index (χ4n) is 0.662. The van der Waals surface area contributed by atoms with Gasteiger partial charge in [0.1, 0.15) is 0 Å². The van der Waals surface area contributed by atoms with Gasteiger partial charge in [-0.1, -0.05) is 13.3 Å². The molecular formula is C6H9NOS. The number of hydrogen-bond acceptors (Lipinski definition) is 3. The van der Waals surface area contributed by atoms with Gasteiger partial charge in [-0.15, -0.1) is 11.3 Å². The predicted octanol–water partition coefficient (Wildman–Crippen LogP) is 1.80. The van der Waals surface area contributed by atoms with Crippen molar-refractivity contribution in [1.82, 2.24) is 4.98 Å². The van der Waals surface area contributed by atoms with Crippen molar-refractivity contribution in [3.8, 4) is 5.88 Å². The van der Waals surface area contributed by atoms with Crippen LogP contribution in [-0.2, 0) is 6.42 Å². The Bertz CT molecular complexity index is 185. The maximum absolute atomic E-state index is 8.98. The van der Waals surface area contributed by atoms with E-state index in [1.54, 1.807) is 5.51 Å². The minimum absolute atomic E-state index is 0.210. The highest BCUT2D eigenvalue weighted by Crippen LogP contribution is 2.20. The Morgan fingerprint density at radius 2 is 2.56 bits per heavy atom. The molecule has 1 heterocycles. The van der Waals surface area contributed by atoms with E-state index in [-0.39, 0.29) is 5.88 Å². The Labute approximate surface area is 58.2 Å². The second kappa shape index (κ2) is 2.82. The molecule has 0 saturated carbocycles. The number of aryl methyl sites for hydroxylation is 1. The van der Waals surface area contributed by atoms with Gasteiger partial charge in [-0.3, -0.25) is 0 Å². The normalized spacial score (nSPS) is 9.89. The van der Waals surface area contributed by atoms with Crippen molar-refractivity contribution in [2.75, 3.05) is 0 Å². The fourth-order valence-corrected chi connectivity index (χ4v) is 1.42. The predicted molar refractivity (Wildman–Crippen MR) is 37.8 cm³/mol. The molecule has 3 heteroatoms. The standard InChI is InChI=1S/C6H9NOS/c1-2-3-5-6(8)7-4-9-5/h4,8H,2-3H2,1H3. The van der Waals surface area contributed by atoms with Crippen LogP contribution < -0.4 is 0 Å². The van der Waals surface area contributed by atoms with Gasteiger partial charge in [0.15, 0.2) is 0 Å². The third kappa shape index (κ3) is 1.42. The molecule has 0 aliphatic heterocycles. The number of aromatic hydroxyl groups is 1. The summed E-state index contributed by atoms with van der Waals surface area (Å²) in [5, 5.41) is 8.98. The summed E-state index contributed by atoms with van der Waals surface area (Å²) in [6.45, 7) is 2.08. The molecule has 0 spiro atoms. The molecule has 0 atom stereocenters. The van der Waals surface area contributed by atoms with Gasteiger partial charge in [0, 0.05) is 0 Å². The zero-order chi connectivity index (χ0) is 6.69. The van der Waals surface area contributed by atoms with E-state index in [1.165, 1.54) is 11.3 Å². The molecule has 1 N–H and O–H groups in total. The Morgan fingerprint density at radius 1 is 1.78 bits per heavy atom. The second-order valence-electron chi connectivity index (χ2n) is 1.85. The number of thiazole rings is 1. The van der Waals surface area contributed by atoms with Gasteiger partial charge in [-0.25, -0.2) is 4.98 Å². The van der Waals surface area contributed by atoms with Crippen LogP contribution in [0.1, 0.15) is 18.2 Å². The molecule has 0 fully saturated rings. The molecule has 0 saturated heterocycles. The summed E-state index contributed by atoms with van der Waals surface area (Å²) < 4.78 is 0. The van der Waals surface area contributed by atoms with Crippen molar-refractivity contribution in [3.05, 3.63) is 10.4 Å². The van der Waals surface area contributed by atoms with Crippen LogP contribution in [0.4, 0.5) is 0 Å². The first kappa shape index (κ1) is 6.55. The van der Waals surface area contributed by atoms with Crippen LogP contribution in [0.25, 0.3) is 0 Å². The number of aromatic nitrogens is 1. The molecule has 2 nitrogen and oxygen atoms in total. The largest absolute Gasteiger partial charge is 0.492 e. The Morgan fingerprint density at radius 3 is 3.00 bits per heavy atom. The highest BCUT2D eigenvalue weighted by Gasteiger charge is 2.00. The highest BCUT2D eigenvalue weighted by atomic mass is 32.1. The molecule has 0 bridgehead atoms. The molecule has 0 aromatic carbocycles. The Balaban J connectivity index is 2.69. The Kier molecular flexibility index (Phi) is 2.05. The van der Waals surface area contributed by atoms with Gasteiger partial charge in [0.2, 0.25) is 5.88 Å². The molecule has 0 unspecified atom stereocenters. The van der Waals surface area contributed by atoms with E-state index in [4.69, 9.17) is 5.11 Å². The van der Waals surface area contributed by atoms with Gasteiger partial charge in [0.25, 0.3) is 0 Å². The quantitative estimate of drug-likeness (QED) is 0.684. The summed E-state index contributed by atoms with van der Waals surface area (Å²) in [6, 6.07) is 0. The van der Waals surface area contributed by atoms with E-state index in [1.807, 2.05) is 0 Å². The molecule has 0 aliphatic rings. The molecule has 0 amide bonds. The lowest BCUT2D eigenvalue weighted by Gasteiger charge is -1.89. The maximum atomic E-state index is 8.98. The average molecular weight is 143 g/mol. The summed E-state index contributed by atoms with van der Waals surface area (Å²) in [6.07, 6.45) is 2.01. The van der Waals surface area contributed by atoms with E-state index < -0.39 is 0 Å². The third-order valence-corrected chi connectivity index (χ3v) is 1.98. The minimum atomic E-state index is 0.210. The van der Waals surface area contributed by atoms with Gasteiger partial charge in [-0.2, -0.15) is 0 Å². The van der Waals surface area contributed by atoms with E-state index in [0.29, 0.717) is 0 Å². The van der Waals surface area contributed by atoms with E-state index >= 15 is 0 Å². The number of nitrogens with zero attached hydrogens (tertiary/aromatic N) is 1. The smallest absolute Gasteiger partial charge is 0.225 e. The summed E-state index contributed by atoms with van der Waals surface area (Å²) >= 11 is 1.51. The van der Waals surface area contributed by atoms with Crippen LogP contribution in [0.15, 0.2) is 5.51 Å². The van der Waals surface area contributed by atoms with Gasteiger partial charge in [-0.05, 0) is 6.42 Å². The van der Waals surface area contributed by atoms with Crippen molar-refractivity contribution in [2.45, 2.75) is 19.8 Å².